The summed E-state index contributed by atoms with van der Waals surface area (Å²) in [6.07, 6.45) is 1.98. The summed E-state index contributed by atoms with van der Waals surface area (Å²) >= 11 is 0. The Morgan fingerprint density at radius 3 is 1.98 bits per heavy atom. The third kappa shape index (κ3) is 5.55. The molecule has 1 aliphatic heterocycles. The average Bonchev–Trinajstić information content (AvgIpc) is 3.71. The van der Waals surface area contributed by atoms with Gasteiger partial charge in [0.15, 0.2) is 0 Å². The number of hydrogen-bond donors (Lipinski definition) is 0. The standard InChI is InChI=1S/C47H48N4O/c1-30(2)37-18-14-19-38(31(3)4)46(37)33-25-26-48-45(27-33)49-41-20-10-9-17-39(41)40-24-23-35(29-44(40)49)47(7,8)34-15-13-16-36(28-34)51-43-22-12-11-21-42(43)50(52-51)32(5)6/h9-32H,1-8H3. The van der Waals surface area contributed by atoms with Gasteiger partial charge in [-0.25, -0.2) is 10.0 Å². The van der Waals surface area contributed by atoms with Gasteiger partial charge in [-0.05, 0) is 108 Å². The van der Waals surface area contributed by atoms with Crippen LogP contribution in [0.3, 0.4) is 0 Å². The minimum atomic E-state index is -0.305. The van der Waals surface area contributed by atoms with Crippen molar-refractivity contribution >= 4 is 38.9 Å². The number of pyridine rings is 1. The van der Waals surface area contributed by atoms with Gasteiger partial charge in [-0.1, -0.05) is 114 Å². The van der Waals surface area contributed by atoms with Crippen LogP contribution in [-0.2, 0) is 10.4 Å². The van der Waals surface area contributed by atoms with Crippen LogP contribution in [0.2, 0.25) is 0 Å². The molecule has 5 nitrogen and oxygen atoms in total. The Kier molecular flexibility index (Phi) is 8.42. The Morgan fingerprint density at radius 2 is 1.25 bits per heavy atom. The number of anilines is 3. The summed E-state index contributed by atoms with van der Waals surface area (Å²) in [4.78, 5) is 11.5. The average molecular weight is 685 g/mol. The molecule has 5 aromatic carbocycles. The molecule has 0 N–H and O–H groups in total. The van der Waals surface area contributed by atoms with Gasteiger partial charge in [0.05, 0.1) is 34.1 Å². The van der Waals surface area contributed by atoms with E-state index in [1.165, 1.54) is 44.2 Å². The van der Waals surface area contributed by atoms with Crippen LogP contribution >= 0.6 is 0 Å². The highest BCUT2D eigenvalue weighted by molar-refractivity contribution is 6.09. The van der Waals surface area contributed by atoms with Gasteiger partial charge < -0.3 is 0 Å². The van der Waals surface area contributed by atoms with Crippen LogP contribution in [-0.4, -0.2) is 15.6 Å². The van der Waals surface area contributed by atoms with Crippen molar-refractivity contribution < 1.29 is 4.94 Å². The van der Waals surface area contributed by atoms with E-state index in [1.807, 2.05) is 16.3 Å². The van der Waals surface area contributed by atoms with E-state index in [9.17, 15) is 0 Å². The second-order valence-corrected chi connectivity index (χ2v) is 15.6. The highest BCUT2D eigenvalue weighted by Crippen LogP contribution is 2.44. The number of fused-ring (bicyclic) bond motifs is 4. The van der Waals surface area contributed by atoms with Crippen molar-refractivity contribution in [3.05, 3.63) is 150 Å². The van der Waals surface area contributed by atoms with Crippen LogP contribution in [0.4, 0.5) is 17.1 Å². The minimum Gasteiger partial charge on any atom is -0.294 e. The zero-order chi connectivity index (χ0) is 36.3. The summed E-state index contributed by atoms with van der Waals surface area (Å²) < 4.78 is 2.35. The Labute approximate surface area is 308 Å². The first-order valence-electron chi connectivity index (χ1n) is 18.6. The van der Waals surface area contributed by atoms with Gasteiger partial charge in [-0.15, -0.1) is 4.94 Å². The van der Waals surface area contributed by atoms with Crippen LogP contribution in [0.25, 0.3) is 38.8 Å². The lowest BCUT2D eigenvalue weighted by molar-refractivity contribution is 0.112. The number of para-hydroxylation sites is 3. The van der Waals surface area contributed by atoms with Crippen molar-refractivity contribution in [1.82, 2.24) is 9.55 Å². The van der Waals surface area contributed by atoms with Crippen molar-refractivity contribution in [2.45, 2.75) is 78.7 Å². The smallest absolute Gasteiger partial charge is 0.138 e. The first-order chi connectivity index (χ1) is 25.0. The predicted octanol–water partition coefficient (Wildman–Crippen LogP) is 12.6. The maximum absolute atomic E-state index is 6.45. The Bertz CT molecular complexity index is 2410. The van der Waals surface area contributed by atoms with E-state index in [4.69, 9.17) is 9.92 Å². The lowest BCUT2D eigenvalue weighted by Gasteiger charge is -2.28. The number of hydroxylamine groups is 1. The van der Waals surface area contributed by atoms with Gasteiger partial charge >= 0.3 is 0 Å². The molecular weight excluding hydrogens is 637 g/mol. The molecule has 0 bridgehead atoms. The molecule has 3 heterocycles. The van der Waals surface area contributed by atoms with E-state index in [-0.39, 0.29) is 11.5 Å². The van der Waals surface area contributed by atoms with Crippen LogP contribution in [0.15, 0.2) is 128 Å². The molecule has 0 spiro atoms. The number of aromatic nitrogens is 2. The van der Waals surface area contributed by atoms with E-state index in [2.05, 4.69) is 181 Å². The summed E-state index contributed by atoms with van der Waals surface area (Å²) in [6, 6.07) is 44.2. The van der Waals surface area contributed by atoms with E-state index >= 15 is 0 Å². The highest BCUT2D eigenvalue weighted by atomic mass is 16.8. The van der Waals surface area contributed by atoms with Crippen LogP contribution < -0.4 is 10.1 Å². The molecule has 2 aromatic heterocycles. The molecule has 52 heavy (non-hydrogen) atoms. The third-order valence-electron chi connectivity index (χ3n) is 10.8. The van der Waals surface area contributed by atoms with Crippen molar-refractivity contribution in [1.29, 1.82) is 0 Å². The molecular formula is C47H48N4O. The molecule has 0 aliphatic carbocycles. The number of nitrogens with zero attached hydrogens (tertiary/aromatic N) is 4. The van der Waals surface area contributed by atoms with Gasteiger partial charge in [0.1, 0.15) is 5.82 Å². The molecule has 0 saturated heterocycles. The molecule has 8 rings (SSSR count). The van der Waals surface area contributed by atoms with Gasteiger partial charge in [-0.3, -0.25) is 4.57 Å². The fourth-order valence-corrected chi connectivity index (χ4v) is 7.93. The lowest BCUT2D eigenvalue weighted by atomic mass is 9.77. The van der Waals surface area contributed by atoms with Gasteiger partial charge in [0, 0.05) is 22.4 Å². The van der Waals surface area contributed by atoms with Crippen molar-refractivity contribution in [2.24, 2.45) is 0 Å². The Balaban J connectivity index is 1.25. The number of benzene rings is 5. The van der Waals surface area contributed by atoms with Crippen LogP contribution in [0.1, 0.15) is 89.5 Å². The summed E-state index contributed by atoms with van der Waals surface area (Å²) in [6.45, 7) is 18.1. The van der Waals surface area contributed by atoms with Gasteiger partial charge in [0.25, 0.3) is 0 Å². The molecule has 7 aromatic rings. The zero-order valence-electron chi connectivity index (χ0n) is 31.6. The second kappa shape index (κ2) is 13.0. The maximum atomic E-state index is 6.45. The van der Waals surface area contributed by atoms with Gasteiger partial charge in [0.2, 0.25) is 0 Å². The van der Waals surface area contributed by atoms with Crippen LogP contribution in [0.5, 0.6) is 0 Å². The lowest BCUT2D eigenvalue weighted by Crippen LogP contribution is -2.31. The van der Waals surface area contributed by atoms with E-state index < -0.39 is 0 Å². The minimum absolute atomic E-state index is 0.196. The molecule has 0 unspecified atom stereocenters. The summed E-state index contributed by atoms with van der Waals surface area (Å²) in [7, 11) is 0. The normalized spacial score (nSPS) is 13.4. The summed E-state index contributed by atoms with van der Waals surface area (Å²) in [5.74, 6) is 1.74. The maximum Gasteiger partial charge on any atom is 0.138 e. The van der Waals surface area contributed by atoms with E-state index in [1.54, 1.807) is 0 Å². The fraction of sp³-hybridized carbons (Fsp3) is 0.255. The van der Waals surface area contributed by atoms with Crippen molar-refractivity contribution in [3.8, 4) is 16.9 Å². The van der Waals surface area contributed by atoms with E-state index in [0.29, 0.717) is 11.8 Å². The molecule has 5 heteroatoms. The molecule has 262 valence electrons. The highest BCUT2D eigenvalue weighted by Gasteiger charge is 2.32. The first-order valence-corrected chi connectivity index (χ1v) is 18.6. The summed E-state index contributed by atoms with van der Waals surface area (Å²) in [5, 5.41) is 6.38. The molecule has 0 saturated carbocycles. The molecule has 0 radical (unpaired) electrons. The van der Waals surface area contributed by atoms with E-state index in [0.717, 1.165) is 33.9 Å². The third-order valence-corrected chi connectivity index (χ3v) is 10.8. The molecule has 0 amide bonds. The first kappa shape index (κ1) is 33.7. The summed E-state index contributed by atoms with van der Waals surface area (Å²) in [5.41, 5.74) is 12.8. The largest absolute Gasteiger partial charge is 0.294 e. The van der Waals surface area contributed by atoms with Crippen LogP contribution in [0, 0.1) is 0 Å². The SMILES string of the molecule is CC(C)c1cccc(C(C)C)c1-c1ccnc(-n2c3ccccc3c3ccc(C(C)(C)c4cccc(N5ON(C(C)C)c6ccccc65)c4)cc32)c1. The predicted molar refractivity (Wildman–Crippen MR) is 218 cm³/mol. The van der Waals surface area contributed by atoms with Crippen molar-refractivity contribution in [2.75, 3.05) is 10.1 Å². The second-order valence-electron chi connectivity index (χ2n) is 15.6. The monoisotopic (exact) mass is 684 g/mol. The van der Waals surface area contributed by atoms with Gasteiger partial charge in [-0.2, -0.15) is 5.06 Å². The number of hydrogen-bond acceptors (Lipinski definition) is 4. The quantitative estimate of drug-likeness (QED) is 0.160. The fourth-order valence-electron chi connectivity index (χ4n) is 7.93. The zero-order valence-corrected chi connectivity index (χ0v) is 31.6. The molecule has 0 atom stereocenters. The Hall–Kier alpha value is -5.39. The van der Waals surface area contributed by atoms with Crippen molar-refractivity contribution in [3.63, 3.8) is 0 Å². The molecule has 0 fully saturated rings. The topological polar surface area (TPSA) is 33.5 Å². The number of rotatable bonds is 8. The Morgan fingerprint density at radius 1 is 0.596 bits per heavy atom. The molecule has 1 aliphatic rings.